The maximum absolute atomic E-state index is 7.62. The summed E-state index contributed by atoms with van der Waals surface area (Å²) < 4.78 is 0. The first-order valence-corrected chi connectivity index (χ1v) is 6.83. The molecule has 0 unspecified atom stereocenters. The molecule has 0 saturated carbocycles. The molecule has 0 bridgehead atoms. The molecular weight excluding hydrogens is 226 g/mol. The molecular formula is C13H29N5. The number of hydrogen-bond acceptors (Lipinski definition) is 2. The summed E-state index contributed by atoms with van der Waals surface area (Å²) in [5.74, 6) is 1.71. The van der Waals surface area contributed by atoms with Gasteiger partial charge in [0, 0.05) is 13.1 Å². The molecule has 0 spiro atoms. The van der Waals surface area contributed by atoms with Gasteiger partial charge in [-0.15, -0.1) is 0 Å². The van der Waals surface area contributed by atoms with Gasteiger partial charge >= 0.3 is 0 Å². The van der Waals surface area contributed by atoms with E-state index in [1.165, 1.54) is 0 Å². The predicted molar refractivity (Wildman–Crippen MR) is 78.1 cm³/mol. The lowest BCUT2D eigenvalue weighted by Gasteiger charge is -2.13. The summed E-state index contributed by atoms with van der Waals surface area (Å²) in [6.45, 7) is 10.2. The Hall–Kier alpha value is -1.26. The van der Waals surface area contributed by atoms with Crippen molar-refractivity contribution in [2.24, 2.45) is 11.8 Å². The van der Waals surface area contributed by atoms with Crippen LogP contribution in [-0.2, 0) is 0 Å². The van der Waals surface area contributed by atoms with E-state index in [-0.39, 0.29) is 11.9 Å². The Morgan fingerprint density at radius 1 is 0.833 bits per heavy atom. The lowest BCUT2D eigenvalue weighted by atomic mass is 10.1. The average molecular weight is 255 g/mol. The molecule has 106 valence electrons. The van der Waals surface area contributed by atoms with Crippen molar-refractivity contribution >= 4 is 11.9 Å². The lowest BCUT2D eigenvalue weighted by molar-refractivity contribution is 0.550. The number of guanidine groups is 2. The van der Waals surface area contributed by atoms with Crippen LogP contribution in [0.2, 0.25) is 0 Å². The zero-order valence-corrected chi connectivity index (χ0v) is 12.2. The molecule has 0 heterocycles. The van der Waals surface area contributed by atoms with Crippen molar-refractivity contribution in [3.63, 3.8) is 0 Å². The maximum Gasteiger partial charge on any atom is 0.195 e. The highest BCUT2D eigenvalue weighted by atomic mass is 15.2. The van der Waals surface area contributed by atoms with E-state index in [4.69, 9.17) is 10.8 Å². The summed E-state index contributed by atoms with van der Waals surface area (Å²) in [7, 11) is 0. The fourth-order valence-corrected chi connectivity index (χ4v) is 1.42. The van der Waals surface area contributed by atoms with Gasteiger partial charge in [0.1, 0.15) is 0 Å². The lowest BCUT2D eigenvalue weighted by Crippen LogP contribution is -2.46. The Kier molecular flexibility index (Phi) is 9.06. The van der Waals surface area contributed by atoms with E-state index < -0.39 is 0 Å². The Bertz CT molecular complexity index is 248. The first-order chi connectivity index (χ1) is 8.41. The summed E-state index contributed by atoms with van der Waals surface area (Å²) in [4.78, 5) is 0. The van der Waals surface area contributed by atoms with Gasteiger partial charge in [0.2, 0.25) is 0 Å². The van der Waals surface area contributed by atoms with E-state index in [0.29, 0.717) is 11.8 Å². The minimum absolute atomic E-state index is 0.192. The first-order valence-electron chi connectivity index (χ1n) is 6.83. The molecule has 0 aromatic rings. The molecule has 0 atom stereocenters. The second-order valence-electron chi connectivity index (χ2n) is 5.45. The smallest absolute Gasteiger partial charge is 0.195 e. The zero-order chi connectivity index (χ0) is 14.0. The Balaban J connectivity index is 3.52. The second kappa shape index (κ2) is 9.74. The van der Waals surface area contributed by atoms with Crippen LogP contribution in [0.5, 0.6) is 0 Å². The molecule has 18 heavy (non-hydrogen) atoms. The summed E-state index contributed by atoms with van der Waals surface area (Å²) in [6.07, 6.45) is 3.24. The van der Waals surface area contributed by atoms with Gasteiger partial charge in [0.05, 0.1) is 0 Å². The maximum atomic E-state index is 7.62. The largest absolute Gasteiger partial charge is 0.356 e. The van der Waals surface area contributed by atoms with Crippen LogP contribution in [0.1, 0.15) is 47.0 Å². The van der Waals surface area contributed by atoms with Gasteiger partial charge in [-0.05, 0) is 31.1 Å². The summed E-state index contributed by atoms with van der Waals surface area (Å²) in [5, 5.41) is 23.8. The third-order valence-corrected chi connectivity index (χ3v) is 2.53. The molecule has 0 amide bonds. The molecule has 5 nitrogen and oxygen atoms in total. The number of rotatable bonds is 7. The molecule has 5 heteroatoms. The van der Waals surface area contributed by atoms with Gasteiger partial charge in [0.25, 0.3) is 0 Å². The zero-order valence-electron chi connectivity index (χ0n) is 12.2. The fourth-order valence-electron chi connectivity index (χ4n) is 1.42. The topological polar surface area (TPSA) is 83.8 Å². The van der Waals surface area contributed by atoms with Gasteiger partial charge in [-0.25, -0.2) is 0 Å². The number of nitrogens with one attached hydrogen (secondary N) is 5. The Labute approximate surface area is 111 Å². The monoisotopic (exact) mass is 255 g/mol. The standard InChI is InChI=1S/C13H29N5/c1-10(2)6-5-8-16-12(14)18-13(15)17-9-7-11(3)4/h10-11H,5-9H2,1-4H3,(H5,14,15,16,17,18). The summed E-state index contributed by atoms with van der Waals surface area (Å²) >= 11 is 0. The Morgan fingerprint density at radius 3 is 1.83 bits per heavy atom. The normalized spacial score (nSPS) is 10.6. The van der Waals surface area contributed by atoms with Crippen LogP contribution in [0.25, 0.3) is 0 Å². The molecule has 0 aromatic heterocycles. The SMILES string of the molecule is CC(C)CCCNC(=N)NC(=N)NCCC(C)C. The summed E-state index contributed by atoms with van der Waals surface area (Å²) in [6, 6.07) is 0. The van der Waals surface area contributed by atoms with Gasteiger partial charge in [0.15, 0.2) is 11.9 Å². The minimum Gasteiger partial charge on any atom is -0.356 e. The van der Waals surface area contributed by atoms with Crippen LogP contribution in [-0.4, -0.2) is 25.0 Å². The third kappa shape index (κ3) is 11.2. The highest BCUT2D eigenvalue weighted by Crippen LogP contribution is 2.01. The molecule has 0 aliphatic rings. The van der Waals surface area contributed by atoms with Crippen LogP contribution in [0.4, 0.5) is 0 Å². The van der Waals surface area contributed by atoms with E-state index >= 15 is 0 Å². The minimum atomic E-state index is 0.192. The second-order valence-corrected chi connectivity index (χ2v) is 5.45. The van der Waals surface area contributed by atoms with Crippen LogP contribution >= 0.6 is 0 Å². The van der Waals surface area contributed by atoms with Crippen molar-refractivity contribution in [3.8, 4) is 0 Å². The molecule has 0 aliphatic carbocycles. The predicted octanol–water partition coefficient (Wildman–Crippen LogP) is 2.11. The first kappa shape index (κ1) is 16.7. The Morgan fingerprint density at radius 2 is 1.33 bits per heavy atom. The van der Waals surface area contributed by atoms with Gasteiger partial charge in [-0.1, -0.05) is 27.7 Å². The summed E-state index contributed by atoms with van der Waals surface area (Å²) in [5.41, 5.74) is 0. The highest BCUT2D eigenvalue weighted by Gasteiger charge is 2.01. The van der Waals surface area contributed by atoms with Crippen molar-refractivity contribution in [2.45, 2.75) is 47.0 Å². The van der Waals surface area contributed by atoms with Crippen molar-refractivity contribution in [1.82, 2.24) is 16.0 Å². The van der Waals surface area contributed by atoms with Crippen molar-refractivity contribution in [1.29, 1.82) is 10.8 Å². The van der Waals surface area contributed by atoms with Gasteiger partial charge in [-0.3, -0.25) is 16.1 Å². The van der Waals surface area contributed by atoms with Crippen molar-refractivity contribution in [2.75, 3.05) is 13.1 Å². The molecule has 0 rings (SSSR count). The molecule has 5 N–H and O–H groups in total. The van der Waals surface area contributed by atoms with Gasteiger partial charge < -0.3 is 10.6 Å². The van der Waals surface area contributed by atoms with Crippen LogP contribution in [0.15, 0.2) is 0 Å². The molecule has 0 aromatic carbocycles. The van der Waals surface area contributed by atoms with Crippen LogP contribution in [0, 0.1) is 22.7 Å². The average Bonchev–Trinajstić information content (AvgIpc) is 2.23. The number of hydrogen-bond donors (Lipinski definition) is 5. The molecule has 0 saturated heterocycles. The van der Waals surface area contributed by atoms with Crippen molar-refractivity contribution in [3.05, 3.63) is 0 Å². The van der Waals surface area contributed by atoms with Crippen molar-refractivity contribution < 1.29 is 0 Å². The van der Waals surface area contributed by atoms with E-state index in [0.717, 1.165) is 32.4 Å². The van der Waals surface area contributed by atoms with Crippen LogP contribution < -0.4 is 16.0 Å². The highest BCUT2D eigenvalue weighted by molar-refractivity contribution is 5.95. The van der Waals surface area contributed by atoms with E-state index in [1.54, 1.807) is 0 Å². The third-order valence-electron chi connectivity index (χ3n) is 2.53. The molecule has 0 fully saturated rings. The van der Waals surface area contributed by atoms with Gasteiger partial charge in [-0.2, -0.15) is 0 Å². The molecule has 0 radical (unpaired) electrons. The van der Waals surface area contributed by atoms with E-state index in [9.17, 15) is 0 Å². The van der Waals surface area contributed by atoms with E-state index in [2.05, 4.69) is 43.6 Å². The van der Waals surface area contributed by atoms with Crippen LogP contribution in [0.3, 0.4) is 0 Å². The van der Waals surface area contributed by atoms with E-state index in [1.807, 2.05) is 0 Å². The quantitative estimate of drug-likeness (QED) is 0.274. The fraction of sp³-hybridized carbons (Fsp3) is 0.846. The molecule has 0 aliphatic heterocycles.